The molecule has 0 spiro atoms. The summed E-state index contributed by atoms with van der Waals surface area (Å²) in [6.07, 6.45) is 1.97. The molecule has 0 aliphatic heterocycles. The Morgan fingerprint density at radius 2 is 1.80 bits per heavy atom. The third-order valence-electron chi connectivity index (χ3n) is 3.03. The lowest BCUT2D eigenvalue weighted by atomic mass is 10.1. The number of benzene rings is 1. The van der Waals surface area contributed by atoms with E-state index in [0.29, 0.717) is 0 Å². The van der Waals surface area contributed by atoms with Crippen molar-refractivity contribution in [3.8, 4) is 5.69 Å². The van der Waals surface area contributed by atoms with Gasteiger partial charge in [0.1, 0.15) is 0 Å². The van der Waals surface area contributed by atoms with Crippen LogP contribution in [0.3, 0.4) is 0 Å². The predicted octanol–water partition coefficient (Wildman–Crippen LogP) is 3.53. The van der Waals surface area contributed by atoms with Crippen LogP contribution in [-0.2, 0) is 6.54 Å². The summed E-state index contributed by atoms with van der Waals surface area (Å²) in [5.74, 6) is 0. The van der Waals surface area contributed by atoms with E-state index >= 15 is 0 Å². The van der Waals surface area contributed by atoms with Gasteiger partial charge >= 0.3 is 0 Å². The molecule has 0 amide bonds. The van der Waals surface area contributed by atoms with Gasteiger partial charge in [0.25, 0.3) is 0 Å². The first-order valence-electron chi connectivity index (χ1n) is 6.69. The fourth-order valence-electron chi connectivity index (χ4n) is 1.92. The zero-order valence-electron chi connectivity index (χ0n) is 12.7. The number of aromatic nitrogens is 3. The van der Waals surface area contributed by atoms with Gasteiger partial charge in [0.2, 0.25) is 0 Å². The lowest BCUT2D eigenvalue weighted by Crippen LogP contribution is -2.35. The molecule has 0 aliphatic carbocycles. The molecule has 0 saturated carbocycles. The van der Waals surface area contributed by atoms with Crippen LogP contribution in [-0.4, -0.2) is 20.5 Å². The predicted molar refractivity (Wildman–Crippen MR) is 85.1 cm³/mol. The largest absolute Gasteiger partial charge is 0.306 e. The Bertz CT molecular complexity index is 588. The van der Waals surface area contributed by atoms with Crippen molar-refractivity contribution in [1.29, 1.82) is 0 Å². The molecule has 2 rings (SSSR count). The second kappa shape index (κ2) is 5.66. The smallest absolute Gasteiger partial charge is 0.0969 e. The van der Waals surface area contributed by atoms with Crippen LogP contribution in [0.15, 0.2) is 22.8 Å². The van der Waals surface area contributed by atoms with Crippen LogP contribution >= 0.6 is 15.9 Å². The fraction of sp³-hybridized carbons (Fsp3) is 0.467. The fourth-order valence-corrected chi connectivity index (χ4v) is 2.15. The lowest BCUT2D eigenvalue weighted by molar-refractivity contribution is 0.421. The first-order valence-corrected chi connectivity index (χ1v) is 7.49. The molecule has 5 heteroatoms. The standard InChI is InChI=1S/C15H21BrN4/c1-10-6-13(7-11(2)14(10)16)20-9-12(18-19-20)8-17-15(3,4)5/h6-7,9,17H,8H2,1-5H3. The minimum absolute atomic E-state index is 0.0779. The van der Waals surface area contributed by atoms with E-state index in [9.17, 15) is 0 Å². The molecule has 2 aromatic rings. The van der Waals surface area contributed by atoms with Crippen LogP contribution in [0.2, 0.25) is 0 Å². The Kier molecular flexibility index (Phi) is 4.30. The number of aryl methyl sites for hydroxylation is 2. The van der Waals surface area contributed by atoms with Gasteiger partial charge in [0.15, 0.2) is 0 Å². The maximum atomic E-state index is 4.22. The van der Waals surface area contributed by atoms with Crippen LogP contribution in [0.4, 0.5) is 0 Å². The van der Waals surface area contributed by atoms with E-state index in [1.807, 2.05) is 10.9 Å². The van der Waals surface area contributed by atoms with Gasteiger partial charge in [-0.25, -0.2) is 4.68 Å². The van der Waals surface area contributed by atoms with E-state index in [-0.39, 0.29) is 5.54 Å². The van der Waals surface area contributed by atoms with Crippen molar-refractivity contribution in [2.45, 2.75) is 46.7 Å². The van der Waals surface area contributed by atoms with Crippen molar-refractivity contribution in [1.82, 2.24) is 20.3 Å². The van der Waals surface area contributed by atoms with E-state index in [4.69, 9.17) is 0 Å². The van der Waals surface area contributed by atoms with E-state index < -0.39 is 0 Å². The van der Waals surface area contributed by atoms with Crippen molar-refractivity contribution in [3.05, 3.63) is 39.6 Å². The zero-order chi connectivity index (χ0) is 14.9. The van der Waals surface area contributed by atoms with Crippen LogP contribution in [0.1, 0.15) is 37.6 Å². The molecule has 20 heavy (non-hydrogen) atoms. The normalized spacial score (nSPS) is 11.9. The van der Waals surface area contributed by atoms with Crippen LogP contribution in [0.5, 0.6) is 0 Å². The molecule has 1 aromatic carbocycles. The molecule has 0 fully saturated rings. The average Bonchev–Trinajstić information content (AvgIpc) is 2.81. The number of halogens is 1. The number of nitrogens with one attached hydrogen (secondary N) is 1. The highest BCUT2D eigenvalue weighted by Crippen LogP contribution is 2.24. The van der Waals surface area contributed by atoms with Gasteiger partial charge in [-0.2, -0.15) is 0 Å². The van der Waals surface area contributed by atoms with Gasteiger partial charge in [-0.1, -0.05) is 21.1 Å². The number of hydrogen-bond donors (Lipinski definition) is 1. The topological polar surface area (TPSA) is 42.7 Å². The molecule has 0 atom stereocenters. The van der Waals surface area contributed by atoms with Gasteiger partial charge < -0.3 is 5.32 Å². The second-order valence-corrected chi connectivity index (χ2v) is 6.94. The zero-order valence-corrected chi connectivity index (χ0v) is 14.2. The molecule has 4 nitrogen and oxygen atoms in total. The summed E-state index contributed by atoms with van der Waals surface area (Å²) in [6.45, 7) is 11.3. The molecular formula is C15H21BrN4. The summed E-state index contributed by atoms with van der Waals surface area (Å²) in [7, 11) is 0. The van der Waals surface area contributed by atoms with Crippen LogP contribution < -0.4 is 5.32 Å². The summed E-state index contributed by atoms with van der Waals surface area (Å²) in [5, 5.41) is 11.8. The van der Waals surface area contributed by atoms with Crippen LogP contribution in [0.25, 0.3) is 5.69 Å². The summed E-state index contributed by atoms with van der Waals surface area (Å²) in [4.78, 5) is 0. The Labute approximate surface area is 128 Å². The highest BCUT2D eigenvalue weighted by atomic mass is 79.9. The third kappa shape index (κ3) is 3.67. The molecule has 108 valence electrons. The van der Waals surface area contributed by atoms with E-state index in [1.165, 1.54) is 11.1 Å². The SMILES string of the molecule is Cc1cc(-n2cc(CNC(C)(C)C)nn2)cc(C)c1Br. The van der Waals surface area contributed by atoms with Crippen molar-refractivity contribution >= 4 is 15.9 Å². The number of rotatable bonds is 3. The second-order valence-electron chi connectivity index (χ2n) is 6.15. The minimum atomic E-state index is 0.0779. The molecule has 0 radical (unpaired) electrons. The van der Waals surface area contributed by atoms with Gasteiger partial charge in [-0.05, 0) is 57.9 Å². The van der Waals surface area contributed by atoms with E-state index in [1.54, 1.807) is 0 Å². The molecular weight excluding hydrogens is 316 g/mol. The van der Waals surface area contributed by atoms with Crippen molar-refractivity contribution in [2.75, 3.05) is 0 Å². The summed E-state index contributed by atoms with van der Waals surface area (Å²) < 4.78 is 2.97. The summed E-state index contributed by atoms with van der Waals surface area (Å²) in [5.41, 5.74) is 4.46. The molecule has 1 heterocycles. The van der Waals surface area contributed by atoms with Crippen molar-refractivity contribution < 1.29 is 0 Å². The molecule has 0 unspecified atom stereocenters. The molecule has 0 aliphatic rings. The lowest BCUT2D eigenvalue weighted by Gasteiger charge is -2.19. The Balaban J connectivity index is 2.21. The summed E-state index contributed by atoms with van der Waals surface area (Å²) in [6, 6.07) is 4.21. The van der Waals surface area contributed by atoms with E-state index in [2.05, 4.69) is 78.3 Å². The Morgan fingerprint density at radius 3 is 2.35 bits per heavy atom. The maximum Gasteiger partial charge on any atom is 0.0969 e. The minimum Gasteiger partial charge on any atom is -0.306 e. The van der Waals surface area contributed by atoms with Crippen LogP contribution in [0, 0.1) is 13.8 Å². The molecule has 0 saturated heterocycles. The van der Waals surface area contributed by atoms with Gasteiger partial charge in [0.05, 0.1) is 17.6 Å². The highest BCUT2D eigenvalue weighted by molar-refractivity contribution is 9.10. The van der Waals surface area contributed by atoms with E-state index in [0.717, 1.165) is 22.4 Å². The molecule has 0 bridgehead atoms. The average molecular weight is 337 g/mol. The third-order valence-corrected chi connectivity index (χ3v) is 4.28. The van der Waals surface area contributed by atoms with Gasteiger partial charge in [-0.3, -0.25) is 0 Å². The quantitative estimate of drug-likeness (QED) is 0.932. The first kappa shape index (κ1) is 15.2. The van der Waals surface area contributed by atoms with Gasteiger partial charge in [-0.15, -0.1) is 5.10 Å². The monoisotopic (exact) mass is 336 g/mol. The van der Waals surface area contributed by atoms with Crippen molar-refractivity contribution in [2.24, 2.45) is 0 Å². The Hall–Kier alpha value is -1.20. The molecule has 1 aromatic heterocycles. The summed E-state index contributed by atoms with van der Waals surface area (Å²) >= 11 is 3.58. The molecule has 1 N–H and O–H groups in total. The highest BCUT2D eigenvalue weighted by Gasteiger charge is 2.11. The van der Waals surface area contributed by atoms with Gasteiger partial charge in [0, 0.05) is 16.6 Å². The first-order chi connectivity index (χ1) is 9.26. The number of hydrogen-bond acceptors (Lipinski definition) is 3. The number of nitrogens with zero attached hydrogens (tertiary/aromatic N) is 3. The van der Waals surface area contributed by atoms with Crippen molar-refractivity contribution in [3.63, 3.8) is 0 Å². The maximum absolute atomic E-state index is 4.22. The Morgan fingerprint density at radius 1 is 1.20 bits per heavy atom.